The van der Waals surface area contributed by atoms with Crippen molar-refractivity contribution in [3.63, 3.8) is 0 Å². The Morgan fingerprint density at radius 1 is 1.39 bits per heavy atom. The van der Waals surface area contributed by atoms with Crippen molar-refractivity contribution in [1.82, 2.24) is 4.90 Å². The van der Waals surface area contributed by atoms with Gasteiger partial charge in [0.1, 0.15) is 0 Å². The minimum absolute atomic E-state index is 0.249. The van der Waals surface area contributed by atoms with E-state index in [1.54, 1.807) is 0 Å². The van der Waals surface area contributed by atoms with Crippen molar-refractivity contribution in [3.8, 4) is 0 Å². The summed E-state index contributed by atoms with van der Waals surface area (Å²) in [5, 5.41) is 10.6. The van der Waals surface area contributed by atoms with Gasteiger partial charge in [0.15, 0.2) is 0 Å². The highest BCUT2D eigenvalue weighted by Crippen LogP contribution is 2.22. The lowest BCUT2D eigenvalue weighted by molar-refractivity contribution is 0.00617. The Balaban J connectivity index is 2.03. The van der Waals surface area contributed by atoms with Crippen molar-refractivity contribution < 1.29 is 9.84 Å². The molecule has 1 fully saturated rings. The Labute approximate surface area is 109 Å². The average Bonchev–Trinajstić information content (AvgIpc) is 2.54. The van der Waals surface area contributed by atoms with E-state index in [1.807, 2.05) is 37.3 Å². The van der Waals surface area contributed by atoms with Crippen LogP contribution < -0.4 is 0 Å². The van der Waals surface area contributed by atoms with E-state index in [-0.39, 0.29) is 6.10 Å². The van der Waals surface area contributed by atoms with Crippen LogP contribution in [0.15, 0.2) is 30.3 Å². The van der Waals surface area contributed by atoms with Crippen LogP contribution >= 0.6 is 0 Å². The van der Waals surface area contributed by atoms with Crippen LogP contribution in [-0.2, 0) is 10.3 Å². The van der Waals surface area contributed by atoms with Crippen molar-refractivity contribution in [3.05, 3.63) is 35.9 Å². The molecular weight excluding hydrogens is 226 g/mol. The largest absolute Gasteiger partial charge is 0.384 e. The fourth-order valence-corrected chi connectivity index (χ4v) is 2.55. The number of hydrogen-bond donors (Lipinski definition) is 1. The van der Waals surface area contributed by atoms with Gasteiger partial charge in [0.05, 0.1) is 11.7 Å². The maximum Gasteiger partial charge on any atom is 0.0994 e. The molecule has 0 bridgehead atoms. The molecule has 2 rings (SSSR count). The minimum atomic E-state index is -0.800. The predicted octanol–water partition coefficient (Wildman–Crippen LogP) is 2.00. The van der Waals surface area contributed by atoms with Crippen molar-refractivity contribution >= 4 is 0 Å². The molecule has 1 saturated heterocycles. The van der Waals surface area contributed by atoms with Crippen LogP contribution in [0.25, 0.3) is 0 Å². The van der Waals surface area contributed by atoms with Crippen LogP contribution in [0, 0.1) is 0 Å². The quantitative estimate of drug-likeness (QED) is 0.889. The molecule has 0 aliphatic carbocycles. The molecule has 1 aliphatic heterocycles. The van der Waals surface area contributed by atoms with Gasteiger partial charge >= 0.3 is 0 Å². The Hall–Kier alpha value is -0.900. The lowest BCUT2D eigenvalue weighted by Gasteiger charge is -2.31. The summed E-state index contributed by atoms with van der Waals surface area (Å²) in [5.74, 6) is 0. The minimum Gasteiger partial charge on any atom is -0.384 e. The molecule has 1 heterocycles. The molecule has 1 aromatic rings. The van der Waals surface area contributed by atoms with Gasteiger partial charge in [-0.25, -0.2) is 0 Å². The number of benzene rings is 1. The Morgan fingerprint density at radius 2 is 2.11 bits per heavy atom. The smallest absolute Gasteiger partial charge is 0.0994 e. The molecule has 2 unspecified atom stereocenters. The molecule has 3 heteroatoms. The van der Waals surface area contributed by atoms with Crippen LogP contribution in [0.1, 0.15) is 25.8 Å². The predicted molar refractivity (Wildman–Crippen MR) is 72.5 cm³/mol. The van der Waals surface area contributed by atoms with E-state index in [9.17, 15) is 5.11 Å². The molecule has 1 aliphatic rings. The third-order valence-corrected chi connectivity index (χ3v) is 3.46. The van der Waals surface area contributed by atoms with E-state index in [4.69, 9.17) is 4.74 Å². The van der Waals surface area contributed by atoms with Gasteiger partial charge in [0, 0.05) is 26.2 Å². The summed E-state index contributed by atoms with van der Waals surface area (Å²) in [6.45, 7) is 7.35. The molecule has 18 heavy (non-hydrogen) atoms. The summed E-state index contributed by atoms with van der Waals surface area (Å²) < 4.78 is 5.63. The standard InChI is InChI=1S/C15H23NO2/c1-13-11-16(9-6-10-18-13)12-15(2,17)14-7-4-3-5-8-14/h3-5,7-8,13,17H,6,9-12H2,1-2H3. The molecule has 0 spiro atoms. The molecule has 100 valence electrons. The van der Waals surface area contributed by atoms with Crippen molar-refractivity contribution in [2.24, 2.45) is 0 Å². The van der Waals surface area contributed by atoms with Crippen molar-refractivity contribution in [2.75, 3.05) is 26.2 Å². The molecule has 2 atom stereocenters. The first-order chi connectivity index (χ1) is 8.58. The van der Waals surface area contributed by atoms with Gasteiger partial charge in [-0.2, -0.15) is 0 Å². The lowest BCUT2D eigenvalue weighted by Crippen LogP contribution is -2.41. The van der Waals surface area contributed by atoms with Crippen LogP contribution in [0.5, 0.6) is 0 Å². The van der Waals surface area contributed by atoms with E-state index in [0.29, 0.717) is 6.54 Å². The molecule has 0 radical (unpaired) electrons. The second kappa shape index (κ2) is 5.83. The summed E-state index contributed by atoms with van der Waals surface area (Å²) in [4.78, 5) is 2.30. The molecular formula is C15H23NO2. The highest BCUT2D eigenvalue weighted by Gasteiger charge is 2.27. The van der Waals surface area contributed by atoms with Crippen LogP contribution in [-0.4, -0.2) is 42.4 Å². The fraction of sp³-hybridized carbons (Fsp3) is 0.600. The van der Waals surface area contributed by atoms with E-state index in [1.165, 1.54) is 0 Å². The first kappa shape index (κ1) is 13.5. The summed E-state index contributed by atoms with van der Waals surface area (Å²) in [6, 6.07) is 9.88. The SMILES string of the molecule is CC1CN(CC(C)(O)c2ccccc2)CCCO1. The van der Waals surface area contributed by atoms with Crippen molar-refractivity contribution in [1.29, 1.82) is 0 Å². The number of nitrogens with zero attached hydrogens (tertiary/aromatic N) is 1. The maximum absolute atomic E-state index is 10.6. The Bertz CT molecular complexity index is 364. The van der Waals surface area contributed by atoms with Gasteiger partial charge in [-0.15, -0.1) is 0 Å². The topological polar surface area (TPSA) is 32.7 Å². The summed E-state index contributed by atoms with van der Waals surface area (Å²) in [5.41, 5.74) is 0.175. The summed E-state index contributed by atoms with van der Waals surface area (Å²) >= 11 is 0. The summed E-state index contributed by atoms with van der Waals surface area (Å²) in [7, 11) is 0. The van der Waals surface area contributed by atoms with E-state index >= 15 is 0 Å². The third-order valence-electron chi connectivity index (χ3n) is 3.46. The second-order valence-electron chi connectivity index (χ2n) is 5.41. The zero-order valence-corrected chi connectivity index (χ0v) is 11.3. The number of aliphatic hydroxyl groups is 1. The van der Waals surface area contributed by atoms with Gasteiger partial charge in [-0.1, -0.05) is 30.3 Å². The lowest BCUT2D eigenvalue weighted by atomic mass is 9.95. The van der Waals surface area contributed by atoms with Gasteiger partial charge in [-0.3, -0.25) is 4.90 Å². The van der Waals surface area contributed by atoms with Gasteiger partial charge < -0.3 is 9.84 Å². The molecule has 0 amide bonds. The molecule has 1 aromatic carbocycles. The number of ether oxygens (including phenoxy) is 1. The number of rotatable bonds is 3. The third kappa shape index (κ3) is 3.55. The number of β-amino-alcohol motifs (C(OH)–C–C–N with tert-alkyl or cyclic N) is 1. The van der Waals surface area contributed by atoms with E-state index < -0.39 is 5.60 Å². The zero-order chi connectivity index (χ0) is 13.0. The van der Waals surface area contributed by atoms with Gasteiger partial charge in [0.2, 0.25) is 0 Å². The average molecular weight is 249 g/mol. The first-order valence-electron chi connectivity index (χ1n) is 6.70. The molecule has 1 N–H and O–H groups in total. The Morgan fingerprint density at radius 3 is 2.83 bits per heavy atom. The van der Waals surface area contributed by atoms with Crippen LogP contribution in [0.4, 0.5) is 0 Å². The maximum atomic E-state index is 10.6. The van der Waals surface area contributed by atoms with Crippen LogP contribution in [0.2, 0.25) is 0 Å². The second-order valence-corrected chi connectivity index (χ2v) is 5.41. The van der Waals surface area contributed by atoms with Crippen molar-refractivity contribution in [2.45, 2.75) is 32.0 Å². The van der Waals surface area contributed by atoms with E-state index in [2.05, 4.69) is 11.8 Å². The normalized spacial score (nSPS) is 25.4. The molecule has 0 saturated carbocycles. The highest BCUT2D eigenvalue weighted by molar-refractivity contribution is 5.21. The monoisotopic (exact) mass is 249 g/mol. The zero-order valence-electron chi connectivity index (χ0n) is 11.3. The van der Waals surface area contributed by atoms with E-state index in [0.717, 1.165) is 31.7 Å². The fourth-order valence-electron chi connectivity index (χ4n) is 2.55. The van der Waals surface area contributed by atoms with Crippen LogP contribution in [0.3, 0.4) is 0 Å². The molecule has 0 aromatic heterocycles. The Kier molecular flexibility index (Phi) is 4.38. The highest BCUT2D eigenvalue weighted by atomic mass is 16.5. The number of hydrogen-bond acceptors (Lipinski definition) is 3. The summed E-state index contributed by atoms with van der Waals surface area (Å²) in [6.07, 6.45) is 1.29. The van der Waals surface area contributed by atoms with Gasteiger partial charge in [0.25, 0.3) is 0 Å². The molecule has 3 nitrogen and oxygen atoms in total. The first-order valence-corrected chi connectivity index (χ1v) is 6.70. The van der Waals surface area contributed by atoms with Gasteiger partial charge in [-0.05, 0) is 25.8 Å².